The molecule has 0 aromatic heterocycles. The Morgan fingerprint density at radius 3 is 2.35 bits per heavy atom. The molecule has 2 aromatic carbocycles. The number of hydrogen-bond donors (Lipinski definition) is 2. The molecule has 0 aliphatic rings. The molecule has 26 heavy (non-hydrogen) atoms. The lowest BCUT2D eigenvalue weighted by Crippen LogP contribution is -2.24. The molecule has 3 N–H and O–H groups in total. The number of amides is 2. The fraction of sp³-hybridized carbons (Fsp3) is 0.167. The number of ether oxygens (including phenoxy) is 3. The van der Waals surface area contributed by atoms with E-state index >= 15 is 0 Å². The molecule has 2 amide bonds. The standard InChI is InChI=1S/C18H18N2O6/c1-24-13-8-6-12(7-9-13)20-16(21)10-26-17(22)11-25-15-5-3-2-4-14(15)18(19)23/h2-9H,10-11H2,1H3,(H2,19,23)(H,20,21). The van der Waals surface area contributed by atoms with E-state index in [1.807, 2.05) is 0 Å². The van der Waals surface area contributed by atoms with Crippen molar-refractivity contribution in [3.63, 3.8) is 0 Å². The normalized spacial score (nSPS) is 9.88. The van der Waals surface area contributed by atoms with Crippen molar-refractivity contribution in [2.45, 2.75) is 0 Å². The highest BCUT2D eigenvalue weighted by atomic mass is 16.6. The number of benzene rings is 2. The van der Waals surface area contributed by atoms with Gasteiger partial charge in [-0.25, -0.2) is 4.79 Å². The van der Waals surface area contributed by atoms with Gasteiger partial charge in [0.05, 0.1) is 12.7 Å². The van der Waals surface area contributed by atoms with Crippen LogP contribution in [-0.4, -0.2) is 38.1 Å². The Balaban J connectivity index is 1.77. The maximum atomic E-state index is 11.8. The van der Waals surface area contributed by atoms with Crippen LogP contribution in [0.1, 0.15) is 10.4 Å². The molecule has 0 unspecified atom stereocenters. The molecule has 0 heterocycles. The Bertz CT molecular complexity index is 789. The summed E-state index contributed by atoms with van der Waals surface area (Å²) in [5, 5.41) is 2.57. The number of methoxy groups -OCH3 is 1. The third kappa shape index (κ3) is 5.52. The van der Waals surface area contributed by atoms with Gasteiger partial charge >= 0.3 is 5.97 Å². The fourth-order valence-electron chi connectivity index (χ4n) is 1.99. The summed E-state index contributed by atoms with van der Waals surface area (Å²) in [5.74, 6) is -1.11. The second-order valence-corrected chi connectivity index (χ2v) is 5.09. The fourth-order valence-corrected chi connectivity index (χ4v) is 1.99. The summed E-state index contributed by atoms with van der Waals surface area (Å²) in [7, 11) is 1.54. The largest absolute Gasteiger partial charge is 0.497 e. The quantitative estimate of drug-likeness (QED) is 0.688. The zero-order valence-corrected chi connectivity index (χ0v) is 14.1. The molecule has 0 aliphatic carbocycles. The molecule has 2 rings (SSSR count). The van der Waals surface area contributed by atoms with E-state index in [1.54, 1.807) is 36.4 Å². The van der Waals surface area contributed by atoms with E-state index < -0.39 is 31.0 Å². The van der Waals surface area contributed by atoms with Crippen molar-refractivity contribution in [3.05, 3.63) is 54.1 Å². The van der Waals surface area contributed by atoms with Crippen molar-refractivity contribution in [3.8, 4) is 11.5 Å². The van der Waals surface area contributed by atoms with Gasteiger partial charge in [-0.2, -0.15) is 0 Å². The zero-order valence-electron chi connectivity index (χ0n) is 14.1. The summed E-state index contributed by atoms with van der Waals surface area (Å²) in [6, 6.07) is 12.9. The van der Waals surface area contributed by atoms with Gasteiger partial charge in [0.1, 0.15) is 11.5 Å². The number of primary amides is 1. The third-order valence-corrected chi connectivity index (χ3v) is 3.24. The number of nitrogens with two attached hydrogens (primary N) is 1. The van der Waals surface area contributed by atoms with E-state index in [4.69, 9.17) is 19.9 Å². The first-order chi connectivity index (χ1) is 12.5. The SMILES string of the molecule is COc1ccc(NC(=O)COC(=O)COc2ccccc2C(N)=O)cc1. The van der Waals surface area contributed by atoms with Gasteiger partial charge in [-0.1, -0.05) is 12.1 Å². The number of carbonyl (C=O) groups is 3. The Morgan fingerprint density at radius 2 is 1.69 bits per heavy atom. The highest BCUT2D eigenvalue weighted by Gasteiger charge is 2.12. The molecule has 8 nitrogen and oxygen atoms in total. The summed E-state index contributed by atoms with van der Waals surface area (Å²) in [5.41, 5.74) is 5.91. The smallest absolute Gasteiger partial charge is 0.344 e. The third-order valence-electron chi connectivity index (χ3n) is 3.24. The Hall–Kier alpha value is -3.55. The number of hydrogen-bond acceptors (Lipinski definition) is 6. The summed E-state index contributed by atoms with van der Waals surface area (Å²) < 4.78 is 15.1. The van der Waals surface area contributed by atoms with Gasteiger partial charge < -0.3 is 25.3 Å². The van der Waals surface area contributed by atoms with Crippen LogP contribution in [0.3, 0.4) is 0 Å². The molecule has 0 bridgehead atoms. The maximum absolute atomic E-state index is 11.8. The summed E-state index contributed by atoms with van der Waals surface area (Å²) >= 11 is 0. The van der Waals surface area contributed by atoms with Crippen molar-refractivity contribution in [1.29, 1.82) is 0 Å². The number of esters is 1. The van der Waals surface area contributed by atoms with Gasteiger partial charge in [0, 0.05) is 5.69 Å². The van der Waals surface area contributed by atoms with Crippen LogP contribution in [0.2, 0.25) is 0 Å². The second kappa shape index (κ2) is 9.07. The Kier molecular flexibility index (Phi) is 6.55. The van der Waals surface area contributed by atoms with Crippen molar-refractivity contribution in [2.75, 3.05) is 25.6 Å². The van der Waals surface area contributed by atoms with Gasteiger partial charge in [-0.15, -0.1) is 0 Å². The lowest BCUT2D eigenvalue weighted by atomic mass is 10.2. The molecule has 0 saturated heterocycles. The lowest BCUT2D eigenvalue weighted by Gasteiger charge is -2.10. The molecule has 0 fully saturated rings. The van der Waals surface area contributed by atoms with Crippen molar-refractivity contribution < 1.29 is 28.6 Å². The first-order valence-electron chi connectivity index (χ1n) is 7.60. The number of para-hydroxylation sites is 1. The molecule has 0 spiro atoms. The van der Waals surface area contributed by atoms with E-state index in [-0.39, 0.29) is 11.3 Å². The van der Waals surface area contributed by atoms with Gasteiger partial charge in [0.25, 0.3) is 11.8 Å². The van der Waals surface area contributed by atoms with E-state index in [0.717, 1.165) is 0 Å². The molecule has 0 saturated carbocycles. The zero-order chi connectivity index (χ0) is 18.9. The second-order valence-electron chi connectivity index (χ2n) is 5.09. The van der Waals surface area contributed by atoms with E-state index in [2.05, 4.69) is 5.32 Å². The minimum absolute atomic E-state index is 0.151. The van der Waals surface area contributed by atoms with Gasteiger partial charge in [-0.3, -0.25) is 9.59 Å². The molecule has 2 aromatic rings. The van der Waals surface area contributed by atoms with E-state index in [1.165, 1.54) is 19.2 Å². The highest BCUT2D eigenvalue weighted by molar-refractivity contribution is 5.95. The van der Waals surface area contributed by atoms with Crippen molar-refractivity contribution in [1.82, 2.24) is 0 Å². The number of rotatable bonds is 8. The predicted molar refractivity (Wildman–Crippen MR) is 93.0 cm³/mol. The van der Waals surface area contributed by atoms with Crippen LogP contribution < -0.4 is 20.5 Å². The highest BCUT2D eigenvalue weighted by Crippen LogP contribution is 2.17. The summed E-state index contributed by atoms with van der Waals surface area (Å²) in [6.07, 6.45) is 0. The van der Waals surface area contributed by atoms with Gasteiger partial charge in [-0.05, 0) is 36.4 Å². The van der Waals surface area contributed by atoms with Crippen LogP contribution in [0.5, 0.6) is 11.5 Å². The minimum atomic E-state index is -0.755. The van der Waals surface area contributed by atoms with Crippen LogP contribution >= 0.6 is 0 Å². The van der Waals surface area contributed by atoms with Gasteiger partial charge in [0.2, 0.25) is 0 Å². The molecule has 8 heteroatoms. The molecular formula is C18H18N2O6. The van der Waals surface area contributed by atoms with Crippen LogP contribution in [0, 0.1) is 0 Å². The predicted octanol–water partition coefficient (Wildman–Crippen LogP) is 1.35. The van der Waals surface area contributed by atoms with Crippen LogP contribution in [-0.2, 0) is 14.3 Å². The van der Waals surface area contributed by atoms with Crippen LogP contribution in [0.15, 0.2) is 48.5 Å². The maximum Gasteiger partial charge on any atom is 0.344 e. The number of anilines is 1. The van der Waals surface area contributed by atoms with E-state index in [9.17, 15) is 14.4 Å². The average molecular weight is 358 g/mol. The molecule has 136 valence electrons. The Morgan fingerprint density at radius 1 is 1.00 bits per heavy atom. The molecule has 0 aliphatic heterocycles. The van der Waals surface area contributed by atoms with Crippen LogP contribution in [0.25, 0.3) is 0 Å². The topological polar surface area (TPSA) is 117 Å². The first-order valence-corrected chi connectivity index (χ1v) is 7.60. The summed E-state index contributed by atoms with van der Waals surface area (Å²) in [6.45, 7) is -0.925. The molecule has 0 radical (unpaired) electrons. The number of carbonyl (C=O) groups excluding carboxylic acids is 3. The lowest BCUT2D eigenvalue weighted by molar-refractivity contribution is -0.149. The van der Waals surface area contributed by atoms with Crippen molar-refractivity contribution in [2.24, 2.45) is 5.73 Å². The molecule has 0 atom stereocenters. The first kappa shape index (κ1) is 18.8. The Labute approximate surface area is 149 Å². The minimum Gasteiger partial charge on any atom is -0.497 e. The van der Waals surface area contributed by atoms with E-state index in [0.29, 0.717) is 11.4 Å². The van der Waals surface area contributed by atoms with Crippen molar-refractivity contribution >= 4 is 23.5 Å². The van der Waals surface area contributed by atoms with Gasteiger partial charge in [0.15, 0.2) is 13.2 Å². The average Bonchev–Trinajstić information content (AvgIpc) is 2.65. The number of nitrogens with one attached hydrogen (secondary N) is 1. The summed E-state index contributed by atoms with van der Waals surface area (Å²) in [4.78, 5) is 34.7. The van der Waals surface area contributed by atoms with Crippen LogP contribution in [0.4, 0.5) is 5.69 Å². The molecular weight excluding hydrogens is 340 g/mol. The monoisotopic (exact) mass is 358 g/mol.